The fraction of sp³-hybridized carbons (Fsp3) is 0.579. The monoisotopic (exact) mass is 332 g/mol. The minimum absolute atomic E-state index is 0.00408. The number of hydrogen-bond acceptors (Lipinski definition) is 3. The first kappa shape index (κ1) is 18.5. The zero-order valence-electron chi connectivity index (χ0n) is 14.7. The van der Waals surface area contributed by atoms with Gasteiger partial charge in [-0.25, -0.2) is 0 Å². The fourth-order valence-corrected chi connectivity index (χ4v) is 2.98. The summed E-state index contributed by atoms with van der Waals surface area (Å²) in [5, 5.41) is 0. The Morgan fingerprint density at radius 2 is 1.96 bits per heavy atom. The molecule has 5 nitrogen and oxygen atoms in total. The Morgan fingerprint density at radius 3 is 2.54 bits per heavy atom. The quantitative estimate of drug-likeness (QED) is 0.735. The standard InChI is InChI=1S/C19H28N2O3/c1-3-20(14-17-8-5-4-6-9-17)19(23)11-12-21(16(2)22)15-18-10-7-13-24-18/h4-6,8-9,18H,3,7,10-15H2,1-2H3. The molecule has 2 amide bonds. The maximum atomic E-state index is 12.5. The number of carbonyl (C=O) groups excluding carboxylic acids is 2. The van der Waals surface area contributed by atoms with Crippen molar-refractivity contribution in [2.45, 2.75) is 45.8 Å². The highest BCUT2D eigenvalue weighted by molar-refractivity contribution is 5.78. The van der Waals surface area contributed by atoms with Crippen molar-refractivity contribution >= 4 is 11.8 Å². The topological polar surface area (TPSA) is 49.9 Å². The maximum absolute atomic E-state index is 12.5. The number of benzene rings is 1. The average Bonchev–Trinajstić information content (AvgIpc) is 3.10. The van der Waals surface area contributed by atoms with Gasteiger partial charge in [0.25, 0.3) is 0 Å². The Balaban J connectivity index is 1.84. The Labute approximate surface area is 144 Å². The number of ether oxygens (including phenoxy) is 1. The Hall–Kier alpha value is -1.88. The average molecular weight is 332 g/mol. The first-order valence-corrected chi connectivity index (χ1v) is 8.79. The molecule has 1 aliphatic heterocycles. The van der Waals surface area contributed by atoms with Gasteiger partial charge < -0.3 is 14.5 Å². The van der Waals surface area contributed by atoms with Gasteiger partial charge in [0.05, 0.1) is 6.10 Å². The van der Waals surface area contributed by atoms with Crippen molar-refractivity contribution in [2.24, 2.45) is 0 Å². The number of hydrogen-bond donors (Lipinski definition) is 0. The number of nitrogens with zero attached hydrogens (tertiary/aromatic N) is 2. The van der Waals surface area contributed by atoms with Crippen LogP contribution in [0.5, 0.6) is 0 Å². The van der Waals surface area contributed by atoms with Gasteiger partial charge in [-0.1, -0.05) is 30.3 Å². The van der Waals surface area contributed by atoms with E-state index in [-0.39, 0.29) is 17.9 Å². The fourth-order valence-electron chi connectivity index (χ4n) is 2.98. The highest BCUT2D eigenvalue weighted by atomic mass is 16.5. The molecule has 1 aromatic carbocycles. The third-order valence-electron chi connectivity index (χ3n) is 4.44. The SMILES string of the molecule is CCN(Cc1ccccc1)C(=O)CCN(CC1CCCO1)C(C)=O. The summed E-state index contributed by atoms with van der Waals surface area (Å²) in [5.41, 5.74) is 1.12. The maximum Gasteiger partial charge on any atom is 0.224 e. The molecule has 0 aromatic heterocycles. The van der Waals surface area contributed by atoms with Gasteiger partial charge in [-0.05, 0) is 25.3 Å². The van der Waals surface area contributed by atoms with Gasteiger partial charge in [0.15, 0.2) is 0 Å². The highest BCUT2D eigenvalue weighted by Crippen LogP contribution is 2.14. The number of amides is 2. The van der Waals surface area contributed by atoms with E-state index in [1.165, 1.54) is 0 Å². The summed E-state index contributed by atoms with van der Waals surface area (Å²) < 4.78 is 5.60. The first-order valence-electron chi connectivity index (χ1n) is 8.79. The van der Waals surface area contributed by atoms with E-state index in [9.17, 15) is 9.59 Å². The molecule has 0 radical (unpaired) electrons. The molecule has 132 valence electrons. The molecular formula is C19H28N2O3. The van der Waals surface area contributed by atoms with E-state index in [1.807, 2.05) is 42.2 Å². The van der Waals surface area contributed by atoms with E-state index in [0.29, 0.717) is 32.6 Å². The van der Waals surface area contributed by atoms with Crippen LogP contribution in [0.25, 0.3) is 0 Å². The van der Waals surface area contributed by atoms with Gasteiger partial charge in [-0.15, -0.1) is 0 Å². The van der Waals surface area contributed by atoms with Crippen LogP contribution in [0.4, 0.5) is 0 Å². The molecule has 0 aliphatic carbocycles. The Bertz CT molecular complexity index is 527. The predicted molar refractivity (Wildman–Crippen MR) is 93.4 cm³/mol. The smallest absolute Gasteiger partial charge is 0.224 e. The molecule has 0 spiro atoms. The molecule has 2 rings (SSSR count). The summed E-state index contributed by atoms with van der Waals surface area (Å²) in [7, 11) is 0. The zero-order chi connectivity index (χ0) is 17.4. The summed E-state index contributed by atoms with van der Waals surface area (Å²) in [6, 6.07) is 9.97. The third kappa shape index (κ3) is 5.64. The van der Waals surface area contributed by atoms with Crippen molar-refractivity contribution in [1.29, 1.82) is 0 Å². The lowest BCUT2D eigenvalue weighted by Gasteiger charge is -2.26. The Kier molecular flexibility index (Phi) is 7.25. The number of carbonyl (C=O) groups is 2. The minimum Gasteiger partial charge on any atom is -0.376 e. The summed E-state index contributed by atoms with van der Waals surface area (Å²) in [6.07, 6.45) is 2.52. The molecule has 1 aromatic rings. The summed E-state index contributed by atoms with van der Waals surface area (Å²) in [6.45, 7) is 6.64. The second-order valence-corrected chi connectivity index (χ2v) is 6.24. The van der Waals surface area contributed by atoms with Gasteiger partial charge in [0, 0.05) is 46.1 Å². The van der Waals surface area contributed by atoms with Gasteiger partial charge in [-0.2, -0.15) is 0 Å². The Morgan fingerprint density at radius 1 is 1.21 bits per heavy atom. The van der Waals surface area contributed by atoms with E-state index in [4.69, 9.17) is 4.74 Å². The normalized spacial score (nSPS) is 16.8. The lowest BCUT2D eigenvalue weighted by atomic mass is 10.2. The molecule has 0 N–H and O–H groups in total. The molecule has 5 heteroatoms. The van der Waals surface area contributed by atoms with Crippen molar-refractivity contribution < 1.29 is 14.3 Å². The predicted octanol–water partition coefficient (Wildman–Crippen LogP) is 2.45. The molecule has 0 bridgehead atoms. The molecule has 1 aliphatic rings. The van der Waals surface area contributed by atoms with Gasteiger partial charge >= 0.3 is 0 Å². The third-order valence-corrected chi connectivity index (χ3v) is 4.44. The molecule has 1 atom stereocenters. The van der Waals surface area contributed by atoms with Gasteiger partial charge in [-0.3, -0.25) is 9.59 Å². The molecule has 0 saturated carbocycles. The van der Waals surface area contributed by atoms with Gasteiger partial charge in [0.1, 0.15) is 0 Å². The summed E-state index contributed by atoms with van der Waals surface area (Å²) in [5.74, 6) is 0.0874. The van der Waals surface area contributed by atoms with Crippen LogP contribution in [-0.2, 0) is 20.9 Å². The molecule has 1 heterocycles. The molecule has 24 heavy (non-hydrogen) atoms. The molecule has 1 saturated heterocycles. The van der Waals surface area contributed by atoms with Crippen LogP contribution in [0.2, 0.25) is 0 Å². The highest BCUT2D eigenvalue weighted by Gasteiger charge is 2.22. The van der Waals surface area contributed by atoms with Crippen molar-refractivity contribution in [3.63, 3.8) is 0 Å². The van der Waals surface area contributed by atoms with E-state index in [1.54, 1.807) is 11.8 Å². The van der Waals surface area contributed by atoms with Crippen LogP contribution in [0.3, 0.4) is 0 Å². The lowest BCUT2D eigenvalue weighted by molar-refractivity contribution is -0.134. The summed E-state index contributed by atoms with van der Waals surface area (Å²) in [4.78, 5) is 27.9. The van der Waals surface area contributed by atoms with Crippen molar-refractivity contribution in [1.82, 2.24) is 9.80 Å². The van der Waals surface area contributed by atoms with Crippen LogP contribution in [0.15, 0.2) is 30.3 Å². The van der Waals surface area contributed by atoms with Crippen molar-refractivity contribution in [3.05, 3.63) is 35.9 Å². The minimum atomic E-state index is 0.00408. The molecular weight excluding hydrogens is 304 g/mol. The number of rotatable bonds is 8. The van der Waals surface area contributed by atoms with Crippen LogP contribution in [-0.4, -0.2) is 54.0 Å². The second kappa shape index (κ2) is 9.42. The van der Waals surface area contributed by atoms with Crippen molar-refractivity contribution in [3.8, 4) is 0 Å². The van der Waals surface area contributed by atoms with Crippen LogP contribution >= 0.6 is 0 Å². The molecule has 1 unspecified atom stereocenters. The van der Waals surface area contributed by atoms with E-state index >= 15 is 0 Å². The van der Waals surface area contributed by atoms with E-state index < -0.39 is 0 Å². The largest absolute Gasteiger partial charge is 0.376 e. The first-order chi connectivity index (χ1) is 11.6. The van der Waals surface area contributed by atoms with Crippen LogP contribution in [0, 0.1) is 0 Å². The van der Waals surface area contributed by atoms with Crippen LogP contribution in [0.1, 0.15) is 38.7 Å². The van der Waals surface area contributed by atoms with Crippen molar-refractivity contribution in [2.75, 3.05) is 26.2 Å². The van der Waals surface area contributed by atoms with E-state index in [0.717, 1.165) is 25.0 Å². The van der Waals surface area contributed by atoms with Gasteiger partial charge in [0.2, 0.25) is 11.8 Å². The zero-order valence-corrected chi connectivity index (χ0v) is 14.7. The summed E-state index contributed by atoms with van der Waals surface area (Å²) >= 11 is 0. The molecule has 1 fully saturated rings. The van der Waals surface area contributed by atoms with Crippen LogP contribution < -0.4 is 0 Å². The second-order valence-electron chi connectivity index (χ2n) is 6.24. The lowest BCUT2D eigenvalue weighted by Crippen LogP contribution is -2.39. The van der Waals surface area contributed by atoms with E-state index in [2.05, 4.69) is 0 Å².